The molecule has 1 aromatic carbocycles. The molecular formula is C14H20O4. The number of carboxylic acids is 1. The maximum absolute atomic E-state index is 10.5. The van der Waals surface area contributed by atoms with E-state index < -0.39 is 5.97 Å². The van der Waals surface area contributed by atoms with E-state index in [1.165, 1.54) is 0 Å². The van der Waals surface area contributed by atoms with Crippen LogP contribution in [0.3, 0.4) is 0 Å². The molecule has 0 aliphatic carbocycles. The van der Waals surface area contributed by atoms with Crippen molar-refractivity contribution in [1.82, 2.24) is 0 Å². The van der Waals surface area contributed by atoms with E-state index in [0.29, 0.717) is 13.2 Å². The van der Waals surface area contributed by atoms with Gasteiger partial charge in [0.2, 0.25) is 0 Å². The number of ether oxygens (including phenoxy) is 2. The molecule has 0 aliphatic heterocycles. The highest BCUT2D eigenvalue weighted by atomic mass is 16.5. The molecular weight excluding hydrogens is 232 g/mol. The molecule has 1 aromatic rings. The zero-order valence-corrected chi connectivity index (χ0v) is 10.7. The summed E-state index contributed by atoms with van der Waals surface area (Å²) in [6.45, 7) is 3.99. The van der Waals surface area contributed by atoms with Crippen molar-refractivity contribution in [3.63, 3.8) is 0 Å². The van der Waals surface area contributed by atoms with Crippen LogP contribution < -0.4 is 4.74 Å². The summed E-state index contributed by atoms with van der Waals surface area (Å²) in [5, 5.41) is 8.63. The normalized spacial score (nSPS) is 10.3. The van der Waals surface area contributed by atoms with Gasteiger partial charge < -0.3 is 14.6 Å². The third-order valence-electron chi connectivity index (χ3n) is 2.42. The lowest BCUT2D eigenvalue weighted by Crippen LogP contribution is -2.07. The summed E-state index contributed by atoms with van der Waals surface area (Å²) in [5.41, 5.74) is 0.772. The number of unbranched alkanes of at least 4 members (excludes halogenated alkanes) is 1. The first-order valence-electron chi connectivity index (χ1n) is 6.23. The standard InChI is InChI=1S/C14H20O4/c1-2-3-8-17-9-10-18-13-6-4-12(5-7-13)11-14(15)16/h4-7H,2-3,8-11H2,1H3,(H,15,16). The second-order valence-electron chi connectivity index (χ2n) is 4.03. The summed E-state index contributed by atoms with van der Waals surface area (Å²) in [5.74, 6) is -0.0868. The Balaban J connectivity index is 2.20. The van der Waals surface area contributed by atoms with E-state index in [1.54, 1.807) is 24.3 Å². The number of carbonyl (C=O) groups is 1. The molecule has 0 radical (unpaired) electrons. The second kappa shape index (κ2) is 8.53. The number of aliphatic carboxylic acids is 1. The molecule has 1 rings (SSSR count). The van der Waals surface area contributed by atoms with Crippen LogP contribution in [0.5, 0.6) is 5.75 Å². The van der Waals surface area contributed by atoms with E-state index in [1.807, 2.05) is 0 Å². The maximum atomic E-state index is 10.5. The fourth-order valence-electron chi connectivity index (χ4n) is 1.45. The molecule has 4 heteroatoms. The van der Waals surface area contributed by atoms with Gasteiger partial charge in [-0.25, -0.2) is 0 Å². The lowest BCUT2D eigenvalue weighted by atomic mass is 10.1. The van der Waals surface area contributed by atoms with Crippen LogP contribution in [0.25, 0.3) is 0 Å². The summed E-state index contributed by atoms with van der Waals surface area (Å²) in [4.78, 5) is 10.5. The van der Waals surface area contributed by atoms with Gasteiger partial charge in [0, 0.05) is 6.61 Å². The average molecular weight is 252 g/mol. The molecule has 0 aromatic heterocycles. The zero-order valence-electron chi connectivity index (χ0n) is 10.7. The molecule has 0 heterocycles. The highest BCUT2D eigenvalue weighted by molar-refractivity contribution is 5.70. The molecule has 0 amide bonds. The van der Waals surface area contributed by atoms with E-state index >= 15 is 0 Å². The van der Waals surface area contributed by atoms with Crippen molar-refractivity contribution in [2.45, 2.75) is 26.2 Å². The van der Waals surface area contributed by atoms with Gasteiger partial charge in [-0.3, -0.25) is 4.79 Å². The van der Waals surface area contributed by atoms with E-state index in [4.69, 9.17) is 14.6 Å². The van der Waals surface area contributed by atoms with E-state index in [9.17, 15) is 4.79 Å². The predicted molar refractivity (Wildman–Crippen MR) is 69.0 cm³/mol. The van der Waals surface area contributed by atoms with Crippen LogP contribution in [0.15, 0.2) is 24.3 Å². The first-order valence-corrected chi connectivity index (χ1v) is 6.23. The van der Waals surface area contributed by atoms with Crippen LogP contribution in [0.2, 0.25) is 0 Å². The number of carboxylic acid groups (broad SMARTS) is 1. The zero-order chi connectivity index (χ0) is 13.2. The molecule has 1 N–H and O–H groups in total. The van der Waals surface area contributed by atoms with Crippen LogP contribution in [0, 0.1) is 0 Å². The largest absolute Gasteiger partial charge is 0.491 e. The second-order valence-corrected chi connectivity index (χ2v) is 4.03. The first-order chi connectivity index (χ1) is 8.72. The fraction of sp³-hybridized carbons (Fsp3) is 0.500. The molecule has 0 spiro atoms. The van der Waals surface area contributed by atoms with Crippen LogP contribution in [0.1, 0.15) is 25.3 Å². The van der Waals surface area contributed by atoms with Crippen molar-refractivity contribution in [2.24, 2.45) is 0 Å². The predicted octanol–water partition coefficient (Wildman–Crippen LogP) is 2.51. The molecule has 0 unspecified atom stereocenters. The van der Waals surface area contributed by atoms with Crippen LogP contribution in [0.4, 0.5) is 0 Å². The summed E-state index contributed by atoms with van der Waals surface area (Å²) in [7, 11) is 0. The molecule has 4 nitrogen and oxygen atoms in total. The third-order valence-corrected chi connectivity index (χ3v) is 2.42. The molecule has 0 saturated carbocycles. The first kappa shape index (κ1) is 14.5. The highest BCUT2D eigenvalue weighted by Crippen LogP contribution is 2.12. The highest BCUT2D eigenvalue weighted by Gasteiger charge is 2.00. The quantitative estimate of drug-likeness (QED) is 0.686. The Labute approximate surface area is 108 Å². The fourth-order valence-corrected chi connectivity index (χ4v) is 1.45. The lowest BCUT2D eigenvalue weighted by molar-refractivity contribution is -0.136. The van der Waals surface area contributed by atoms with Gasteiger partial charge in [-0.05, 0) is 24.1 Å². The summed E-state index contributed by atoms with van der Waals surface area (Å²) in [6, 6.07) is 7.09. The molecule has 0 saturated heterocycles. The molecule has 100 valence electrons. The van der Waals surface area contributed by atoms with Gasteiger partial charge >= 0.3 is 5.97 Å². The van der Waals surface area contributed by atoms with Gasteiger partial charge in [0.25, 0.3) is 0 Å². The van der Waals surface area contributed by atoms with Crippen molar-refractivity contribution in [2.75, 3.05) is 19.8 Å². The van der Waals surface area contributed by atoms with Crippen LogP contribution >= 0.6 is 0 Å². The van der Waals surface area contributed by atoms with Crippen molar-refractivity contribution in [1.29, 1.82) is 0 Å². The van der Waals surface area contributed by atoms with Crippen molar-refractivity contribution in [3.8, 4) is 5.75 Å². The third kappa shape index (κ3) is 6.25. The number of hydrogen-bond acceptors (Lipinski definition) is 3. The minimum absolute atomic E-state index is 0.0421. The van der Waals surface area contributed by atoms with Gasteiger partial charge in [0.15, 0.2) is 0 Å². The van der Waals surface area contributed by atoms with Crippen LogP contribution in [-0.2, 0) is 16.0 Å². The minimum atomic E-state index is -0.826. The molecule has 0 atom stereocenters. The Bertz CT molecular complexity index is 345. The molecule has 0 fully saturated rings. The SMILES string of the molecule is CCCCOCCOc1ccc(CC(=O)O)cc1. The smallest absolute Gasteiger partial charge is 0.307 e. The Hall–Kier alpha value is -1.55. The van der Waals surface area contributed by atoms with E-state index in [0.717, 1.165) is 30.8 Å². The van der Waals surface area contributed by atoms with Gasteiger partial charge in [-0.2, -0.15) is 0 Å². The Kier molecular flexibility index (Phi) is 6.87. The van der Waals surface area contributed by atoms with Gasteiger partial charge in [-0.15, -0.1) is 0 Å². The molecule has 0 aliphatic rings. The van der Waals surface area contributed by atoms with Crippen molar-refractivity contribution in [3.05, 3.63) is 29.8 Å². The minimum Gasteiger partial charge on any atom is -0.491 e. The monoisotopic (exact) mass is 252 g/mol. The molecule has 18 heavy (non-hydrogen) atoms. The van der Waals surface area contributed by atoms with Crippen molar-refractivity contribution < 1.29 is 19.4 Å². The number of hydrogen-bond donors (Lipinski definition) is 1. The summed E-state index contributed by atoms with van der Waals surface area (Å²) in [6.07, 6.45) is 2.25. The molecule has 0 bridgehead atoms. The maximum Gasteiger partial charge on any atom is 0.307 e. The van der Waals surface area contributed by atoms with E-state index in [2.05, 4.69) is 6.92 Å². The van der Waals surface area contributed by atoms with Crippen molar-refractivity contribution >= 4 is 5.97 Å². The Morgan fingerprint density at radius 1 is 1.17 bits per heavy atom. The number of rotatable bonds is 9. The lowest BCUT2D eigenvalue weighted by Gasteiger charge is -2.07. The Morgan fingerprint density at radius 3 is 2.50 bits per heavy atom. The Morgan fingerprint density at radius 2 is 1.89 bits per heavy atom. The summed E-state index contributed by atoms with van der Waals surface area (Å²) >= 11 is 0. The number of benzene rings is 1. The van der Waals surface area contributed by atoms with E-state index in [-0.39, 0.29) is 6.42 Å². The van der Waals surface area contributed by atoms with Gasteiger partial charge in [-0.1, -0.05) is 25.5 Å². The average Bonchev–Trinajstić information content (AvgIpc) is 2.35. The van der Waals surface area contributed by atoms with Gasteiger partial charge in [0.05, 0.1) is 13.0 Å². The topological polar surface area (TPSA) is 55.8 Å². The van der Waals surface area contributed by atoms with Gasteiger partial charge in [0.1, 0.15) is 12.4 Å². The summed E-state index contributed by atoms with van der Waals surface area (Å²) < 4.78 is 10.8. The van der Waals surface area contributed by atoms with Crippen LogP contribution in [-0.4, -0.2) is 30.9 Å².